The zero-order valence-electron chi connectivity index (χ0n) is 10.7. The molecular formula is C14H20N2O2. The molecule has 1 aliphatic carbocycles. The summed E-state index contributed by atoms with van der Waals surface area (Å²) < 4.78 is 5.12. The number of nitrogens with two attached hydrogens (primary N) is 1. The first kappa shape index (κ1) is 12.9. The molecule has 0 heterocycles. The summed E-state index contributed by atoms with van der Waals surface area (Å²) in [6.07, 6.45) is 4.76. The molecule has 3 N–H and O–H groups in total. The highest BCUT2D eigenvalue weighted by molar-refractivity contribution is 5.98. The van der Waals surface area contributed by atoms with E-state index in [0.29, 0.717) is 0 Å². The van der Waals surface area contributed by atoms with Crippen molar-refractivity contribution in [3.8, 4) is 5.75 Å². The Balaban J connectivity index is 2.05. The Labute approximate surface area is 108 Å². The number of methoxy groups -OCH3 is 1. The topological polar surface area (TPSA) is 64.3 Å². The Morgan fingerprint density at radius 2 is 2.06 bits per heavy atom. The number of carbonyl (C=O) groups excluding carboxylic acids is 1. The number of anilines is 1. The molecule has 18 heavy (non-hydrogen) atoms. The van der Waals surface area contributed by atoms with Gasteiger partial charge in [-0.3, -0.25) is 4.79 Å². The summed E-state index contributed by atoms with van der Waals surface area (Å²) in [7, 11) is 1.60. The highest BCUT2D eigenvalue weighted by atomic mass is 16.5. The lowest BCUT2D eigenvalue weighted by Gasteiger charge is -2.31. The minimum atomic E-state index is -0.707. The normalized spacial score (nSPS) is 18.1. The van der Waals surface area contributed by atoms with Crippen LogP contribution in [0.15, 0.2) is 24.3 Å². The number of rotatable bonds is 3. The summed E-state index contributed by atoms with van der Waals surface area (Å²) >= 11 is 0. The van der Waals surface area contributed by atoms with Crippen molar-refractivity contribution in [3.05, 3.63) is 24.3 Å². The predicted octanol–water partition coefficient (Wildman–Crippen LogP) is 2.30. The van der Waals surface area contributed by atoms with Crippen LogP contribution in [0.25, 0.3) is 0 Å². The molecule has 4 heteroatoms. The van der Waals surface area contributed by atoms with Crippen LogP contribution >= 0.6 is 0 Å². The number of ether oxygens (including phenoxy) is 1. The number of amides is 1. The second kappa shape index (κ2) is 5.40. The molecule has 0 saturated heterocycles. The summed E-state index contributed by atoms with van der Waals surface area (Å²) in [5, 5.41) is 2.88. The van der Waals surface area contributed by atoms with Crippen LogP contribution in [0.3, 0.4) is 0 Å². The molecule has 1 aromatic rings. The van der Waals surface area contributed by atoms with Gasteiger partial charge in [0, 0.05) is 11.8 Å². The number of hydrogen-bond acceptors (Lipinski definition) is 3. The van der Waals surface area contributed by atoms with E-state index in [1.165, 1.54) is 6.42 Å². The van der Waals surface area contributed by atoms with Gasteiger partial charge in [0.05, 0.1) is 12.6 Å². The zero-order chi connectivity index (χ0) is 13.0. The Bertz CT molecular complexity index is 426. The maximum absolute atomic E-state index is 12.2. The van der Waals surface area contributed by atoms with Crippen molar-refractivity contribution in [2.75, 3.05) is 12.4 Å². The molecule has 4 nitrogen and oxygen atoms in total. The van der Waals surface area contributed by atoms with Gasteiger partial charge in [0.25, 0.3) is 0 Å². The highest BCUT2D eigenvalue weighted by Crippen LogP contribution is 2.27. The van der Waals surface area contributed by atoms with E-state index in [-0.39, 0.29) is 5.91 Å². The molecule has 98 valence electrons. The highest BCUT2D eigenvalue weighted by Gasteiger charge is 2.35. The quantitative estimate of drug-likeness (QED) is 0.862. The molecule has 1 aliphatic rings. The molecule has 1 fully saturated rings. The Morgan fingerprint density at radius 1 is 1.33 bits per heavy atom. The van der Waals surface area contributed by atoms with Crippen LogP contribution in [0.5, 0.6) is 5.75 Å². The SMILES string of the molecule is COc1cccc(NC(=O)C2(N)CCCCC2)c1. The van der Waals surface area contributed by atoms with Crippen molar-refractivity contribution < 1.29 is 9.53 Å². The Hall–Kier alpha value is -1.55. The first-order valence-electron chi connectivity index (χ1n) is 6.38. The summed E-state index contributed by atoms with van der Waals surface area (Å²) in [5.41, 5.74) is 6.20. The summed E-state index contributed by atoms with van der Waals surface area (Å²) in [6.45, 7) is 0. The average Bonchev–Trinajstić information content (AvgIpc) is 2.40. The van der Waals surface area contributed by atoms with E-state index in [9.17, 15) is 4.79 Å². The molecule has 0 atom stereocenters. The minimum absolute atomic E-state index is 0.0875. The summed E-state index contributed by atoms with van der Waals surface area (Å²) in [6, 6.07) is 7.32. The van der Waals surface area contributed by atoms with Crippen molar-refractivity contribution in [1.82, 2.24) is 0 Å². The smallest absolute Gasteiger partial charge is 0.244 e. The zero-order valence-corrected chi connectivity index (χ0v) is 10.7. The van der Waals surface area contributed by atoms with Crippen molar-refractivity contribution in [2.24, 2.45) is 5.73 Å². The third-order valence-corrected chi connectivity index (χ3v) is 3.53. The van der Waals surface area contributed by atoms with Gasteiger partial charge in [0.15, 0.2) is 0 Å². The largest absolute Gasteiger partial charge is 0.497 e. The molecule has 0 aromatic heterocycles. The van der Waals surface area contributed by atoms with Gasteiger partial charge in [-0.15, -0.1) is 0 Å². The first-order chi connectivity index (χ1) is 8.64. The van der Waals surface area contributed by atoms with Crippen LogP contribution in [0.1, 0.15) is 32.1 Å². The van der Waals surface area contributed by atoms with Gasteiger partial charge in [-0.1, -0.05) is 25.3 Å². The fourth-order valence-corrected chi connectivity index (χ4v) is 2.37. The van der Waals surface area contributed by atoms with Crippen molar-refractivity contribution in [3.63, 3.8) is 0 Å². The third kappa shape index (κ3) is 2.82. The number of benzene rings is 1. The number of carbonyl (C=O) groups is 1. The lowest BCUT2D eigenvalue weighted by molar-refractivity contribution is -0.122. The lowest BCUT2D eigenvalue weighted by Crippen LogP contribution is -2.52. The lowest BCUT2D eigenvalue weighted by atomic mass is 9.82. The first-order valence-corrected chi connectivity index (χ1v) is 6.38. The molecule has 1 saturated carbocycles. The second-order valence-corrected chi connectivity index (χ2v) is 4.90. The molecular weight excluding hydrogens is 228 g/mol. The fourth-order valence-electron chi connectivity index (χ4n) is 2.37. The maximum atomic E-state index is 12.2. The molecule has 2 rings (SSSR count). The van der Waals surface area contributed by atoms with Crippen LogP contribution in [-0.4, -0.2) is 18.6 Å². The molecule has 0 radical (unpaired) electrons. The van der Waals surface area contributed by atoms with E-state index in [1.54, 1.807) is 13.2 Å². The van der Waals surface area contributed by atoms with Crippen molar-refractivity contribution >= 4 is 11.6 Å². The monoisotopic (exact) mass is 248 g/mol. The van der Waals surface area contributed by atoms with Gasteiger partial charge in [-0.2, -0.15) is 0 Å². The van der Waals surface area contributed by atoms with Crippen LogP contribution in [-0.2, 0) is 4.79 Å². The fraction of sp³-hybridized carbons (Fsp3) is 0.500. The van der Waals surface area contributed by atoms with E-state index in [0.717, 1.165) is 37.1 Å². The maximum Gasteiger partial charge on any atom is 0.244 e. The standard InChI is InChI=1S/C14H20N2O2/c1-18-12-7-5-6-11(10-12)16-13(17)14(15)8-3-2-4-9-14/h5-7,10H,2-4,8-9,15H2,1H3,(H,16,17). The molecule has 0 spiro atoms. The molecule has 0 unspecified atom stereocenters. The van der Waals surface area contributed by atoms with Gasteiger partial charge in [-0.05, 0) is 25.0 Å². The average molecular weight is 248 g/mol. The van der Waals surface area contributed by atoms with Gasteiger partial charge < -0.3 is 15.8 Å². The van der Waals surface area contributed by atoms with E-state index in [2.05, 4.69) is 5.32 Å². The molecule has 1 amide bonds. The van der Waals surface area contributed by atoms with E-state index in [1.807, 2.05) is 18.2 Å². The third-order valence-electron chi connectivity index (χ3n) is 3.53. The summed E-state index contributed by atoms with van der Waals surface area (Å²) in [4.78, 5) is 12.2. The van der Waals surface area contributed by atoms with Crippen molar-refractivity contribution in [2.45, 2.75) is 37.6 Å². The molecule has 1 aromatic carbocycles. The van der Waals surface area contributed by atoms with Crippen LogP contribution in [0, 0.1) is 0 Å². The number of hydrogen-bond donors (Lipinski definition) is 2. The minimum Gasteiger partial charge on any atom is -0.497 e. The van der Waals surface area contributed by atoms with E-state index in [4.69, 9.17) is 10.5 Å². The van der Waals surface area contributed by atoms with Crippen LogP contribution in [0.4, 0.5) is 5.69 Å². The van der Waals surface area contributed by atoms with Crippen LogP contribution < -0.4 is 15.8 Å². The van der Waals surface area contributed by atoms with Gasteiger partial charge >= 0.3 is 0 Å². The summed E-state index contributed by atoms with van der Waals surface area (Å²) in [5.74, 6) is 0.637. The number of nitrogens with one attached hydrogen (secondary N) is 1. The predicted molar refractivity (Wildman–Crippen MR) is 71.6 cm³/mol. The van der Waals surface area contributed by atoms with Gasteiger partial charge in [-0.25, -0.2) is 0 Å². The van der Waals surface area contributed by atoms with E-state index < -0.39 is 5.54 Å². The van der Waals surface area contributed by atoms with E-state index >= 15 is 0 Å². The Kier molecular flexibility index (Phi) is 3.87. The molecule has 0 bridgehead atoms. The Morgan fingerprint density at radius 3 is 2.72 bits per heavy atom. The van der Waals surface area contributed by atoms with Crippen molar-refractivity contribution in [1.29, 1.82) is 0 Å². The van der Waals surface area contributed by atoms with Gasteiger partial charge in [0.1, 0.15) is 5.75 Å². The molecule has 0 aliphatic heterocycles. The second-order valence-electron chi connectivity index (χ2n) is 4.90. The van der Waals surface area contributed by atoms with Crippen LogP contribution in [0.2, 0.25) is 0 Å². The van der Waals surface area contributed by atoms with Gasteiger partial charge in [0.2, 0.25) is 5.91 Å².